The zero-order valence-electron chi connectivity index (χ0n) is 19.7. The van der Waals surface area contributed by atoms with Gasteiger partial charge in [0, 0.05) is 26.2 Å². The highest BCUT2D eigenvalue weighted by molar-refractivity contribution is 5.99. The second-order valence-electron chi connectivity index (χ2n) is 8.89. The van der Waals surface area contributed by atoms with Crippen LogP contribution in [0, 0.1) is 6.92 Å². The Hall–Kier alpha value is -3.16. The normalized spacial score (nSPS) is 18.5. The lowest BCUT2D eigenvalue weighted by molar-refractivity contribution is 0.0353. The Morgan fingerprint density at radius 1 is 1.06 bits per heavy atom. The molecule has 0 unspecified atom stereocenters. The number of rotatable bonds is 7. The predicted molar refractivity (Wildman–Crippen MR) is 130 cm³/mol. The third-order valence-electron chi connectivity index (χ3n) is 6.58. The number of amides is 1. The van der Waals surface area contributed by atoms with E-state index in [1.807, 2.05) is 50.2 Å². The Balaban J connectivity index is 1.54. The summed E-state index contributed by atoms with van der Waals surface area (Å²) in [7, 11) is 0. The summed E-state index contributed by atoms with van der Waals surface area (Å²) in [5, 5.41) is 0.507. The summed E-state index contributed by atoms with van der Waals surface area (Å²) in [6.45, 7) is 9.10. The first-order chi connectivity index (χ1) is 16.6. The molecule has 1 saturated heterocycles. The minimum Gasteiger partial charge on any atom is -0.494 e. The summed E-state index contributed by atoms with van der Waals surface area (Å²) in [4.78, 5) is 31.4. The maximum atomic E-state index is 13.7. The molecule has 1 aromatic heterocycles. The van der Waals surface area contributed by atoms with Gasteiger partial charge in [-0.2, -0.15) is 0 Å². The van der Waals surface area contributed by atoms with Crippen molar-refractivity contribution in [3.63, 3.8) is 0 Å². The van der Waals surface area contributed by atoms with Gasteiger partial charge >= 0.3 is 0 Å². The van der Waals surface area contributed by atoms with Crippen LogP contribution in [0.1, 0.15) is 46.6 Å². The molecular weight excluding hydrogens is 432 g/mol. The van der Waals surface area contributed by atoms with E-state index in [0.29, 0.717) is 29.7 Å². The summed E-state index contributed by atoms with van der Waals surface area (Å²) < 4.78 is 17.2. The Bertz CT molecular complexity index is 1260. The second kappa shape index (κ2) is 9.60. The fourth-order valence-electron chi connectivity index (χ4n) is 4.94. The standard InChI is InChI=1S/C27H30N2O5/c1-3-33-20-7-4-6-19(17-20)24-23-25(30)21-16-18(2)8-9-22(21)34-26(23)27(31)29(24)11-5-10-28-12-14-32-15-13-28/h4,6-9,16-17,24H,3,5,10-15H2,1-2H3/t24-/m0/s1. The molecule has 5 rings (SSSR count). The van der Waals surface area contributed by atoms with Crippen LogP contribution in [0.15, 0.2) is 51.7 Å². The van der Waals surface area contributed by atoms with Crippen LogP contribution in [-0.2, 0) is 4.74 Å². The van der Waals surface area contributed by atoms with E-state index in [4.69, 9.17) is 13.9 Å². The first-order valence-electron chi connectivity index (χ1n) is 12.0. The van der Waals surface area contributed by atoms with Gasteiger partial charge < -0.3 is 18.8 Å². The molecule has 7 nitrogen and oxygen atoms in total. The summed E-state index contributed by atoms with van der Waals surface area (Å²) in [6, 6.07) is 12.7. The molecule has 2 aliphatic rings. The van der Waals surface area contributed by atoms with Crippen LogP contribution < -0.4 is 10.2 Å². The highest BCUT2D eigenvalue weighted by atomic mass is 16.5. The number of aryl methyl sites for hydroxylation is 1. The minimum absolute atomic E-state index is 0.143. The van der Waals surface area contributed by atoms with Gasteiger partial charge in [-0.05, 0) is 50.1 Å². The van der Waals surface area contributed by atoms with E-state index in [-0.39, 0.29) is 17.1 Å². The van der Waals surface area contributed by atoms with Gasteiger partial charge in [0.1, 0.15) is 11.3 Å². The van der Waals surface area contributed by atoms with E-state index in [1.165, 1.54) is 0 Å². The van der Waals surface area contributed by atoms with Crippen LogP contribution >= 0.6 is 0 Å². The average molecular weight is 463 g/mol. The summed E-state index contributed by atoms with van der Waals surface area (Å²) >= 11 is 0. The second-order valence-corrected chi connectivity index (χ2v) is 8.89. The largest absolute Gasteiger partial charge is 0.494 e. The van der Waals surface area contributed by atoms with Crippen LogP contribution in [0.2, 0.25) is 0 Å². The lowest BCUT2D eigenvalue weighted by Crippen LogP contribution is -2.38. The molecule has 7 heteroatoms. The quantitative estimate of drug-likeness (QED) is 0.532. The number of carbonyl (C=O) groups excluding carboxylic acids is 1. The topological polar surface area (TPSA) is 72.2 Å². The number of fused-ring (bicyclic) bond motifs is 2. The molecular formula is C27H30N2O5. The Kier molecular flexibility index (Phi) is 6.39. The molecule has 0 bridgehead atoms. The van der Waals surface area contributed by atoms with E-state index >= 15 is 0 Å². The molecule has 0 aliphatic carbocycles. The molecule has 3 aromatic rings. The average Bonchev–Trinajstić information content (AvgIpc) is 3.13. The van der Waals surface area contributed by atoms with Gasteiger partial charge in [0.05, 0.1) is 36.8 Å². The molecule has 3 heterocycles. The fourth-order valence-corrected chi connectivity index (χ4v) is 4.94. The van der Waals surface area contributed by atoms with Crippen LogP contribution in [-0.4, -0.2) is 61.7 Å². The molecule has 0 spiro atoms. The zero-order chi connectivity index (χ0) is 23.7. The van der Waals surface area contributed by atoms with Gasteiger partial charge in [-0.1, -0.05) is 23.8 Å². The fraction of sp³-hybridized carbons (Fsp3) is 0.407. The van der Waals surface area contributed by atoms with Crippen LogP contribution in [0.25, 0.3) is 11.0 Å². The van der Waals surface area contributed by atoms with Crippen LogP contribution in [0.4, 0.5) is 0 Å². The molecule has 1 fully saturated rings. The Morgan fingerprint density at radius 2 is 1.88 bits per heavy atom. The minimum atomic E-state index is -0.506. The Morgan fingerprint density at radius 3 is 2.68 bits per heavy atom. The van der Waals surface area contributed by atoms with Crippen molar-refractivity contribution in [1.82, 2.24) is 9.80 Å². The van der Waals surface area contributed by atoms with Gasteiger partial charge in [0.2, 0.25) is 5.76 Å². The lowest BCUT2D eigenvalue weighted by Gasteiger charge is -2.29. The number of morpholine rings is 1. The van der Waals surface area contributed by atoms with Gasteiger partial charge in [0.15, 0.2) is 5.43 Å². The molecule has 0 N–H and O–H groups in total. The monoisotopic (exact) mass is 462 g/mol. The van der Waals surface area contributed by atoms with Gasteiger partial charge in [-0.15, -0.1) is 0 Å². The molecule has 0 saturated carbocycles. The first-order valence-corrected chi connectivity index (χ1v) is 12.0. The van der Waals surface area contributed by atoms with E-state index in [9.17, 15) is 9.59 Å². The van der Waals surface area contributed by atoms with Crippen molar-refractivity contribution >= 4 is 16.9 Å². The van der Waals surface area contributed by atoms with E-state index < -0.39 is 6.04 Å². The number of benzene rings is 2. The number of hydrogen-bond donors (Lipinski definition) is 0. The molecule has 1 amide bonds. The van der Waals surface area contributed by atoms with Crippen molar-refractivity contribution < 1.29 is 18.7 Å². The number of hydrogen-bond acceptors (Lipinski definition) is 6. The lowest BCUT2D eigenvalue weighted by atomic mass is 9.98. The van der Waals surface area contributed by atoms with E-state index in [2.05, 4.69) is 4.90 Å². The molecule has 34 heavy (non-hydrogen) atoms. The predicted octanol–water partition coefficient (Wildman–Crippen LogP) is 3.77. The maximum Gasteiger partial charge on any atom is 0.290 e. The molecule has 2 aromatic carbocycles. The molecule has 1 atom stereocenters. The maximum absolute atomic E-state index is 13.7. The first kappa shape index (κ1) is 22.6. The van der Waals surface area contributed by atoms with Gasteiger partial charge in [-0.3, -0.25) is 14.5 Å². The highest BCUT2D eigenvalue weighted by Crippen LogP contribution is 2.39. The van der Waals surface area contributed by atoms with Crippen LogP contribution in [0.3, 0.4) is 0 Å². The van der Waals surface area contributed by atoms with Gasteiger partial charge in [0.25, 0.3) is 5.91 Å². The summed E-state index contributed by atoms with van der Waals surface area (Å²) in [6.07, 6.45) is 0.800. The number of carbonyl (C=O) groups is 1. The van der Waals surface area contributed by atoms with Crippen molar-refractivity contribution in [2.24, 2.45) is 0 Å². The molecule has 178 valence electrons. The van der Waals surface area contributed by atoms with E-state index in [1.54, 1.807) is 11.0 Å². The Labute approximate surface area is 198 Å². The van der Waals surface area contributed by atoms with Crippen molar-refractivity contribution in [2.45, 2.75) is 26.3 Å². The molecule has 0 radical (unpaired) electrons. The summed E-state index contributed by atoms with van der Waals surface area (Å²) in [5.74, 6) is 0.637. The highest BCUT2D eigenvalue weighted by Gasteiger charge is 2.42. The number of ether oxygens (including phenoxy) is 2. The van der Waals surface area contributed by atoms with Crippen molar-refractivity contribution in [3.05, 3.63) is 75.1 Å². The van der Waals surface area contributed by atoms with Crippen molar-refractivity contribution in [1.29, 1.82) is 0 Å². The van der Waals surface area contributed by atoms with Gasteiger partial charge in [-0.25, -0.2) is 0 Å². The third kappa shape index (κ3) is 4.21. The van der Waals surface area contributed by atoms with Crippen molar-refractivity contribution in [3.8, 4) is 5.75 Å². The zero-order valence-corrected chi connectivity index (χ0v) is 19.7. The third-order valence-corrected chi connectivity index (χ3v) is 6.58. The smallest absolute Gasteiger partial charge is 0.290 e. The number of nitrogens with zero attached hydrogens (tertiary/aromatic N) is 2. The SMILES string of the molecule is CCOc1cccc([C@H]2c3c(oc4ccc(C)cc4c3=O)C(=O)N2CCCN2CCOCC2)c1. The molecule has 2 aliphatic heterocycles. The van der Waals surface area contributed by atoms with E-state index in [0.717, 1.165) is 56.1 Å². The van der Waals surface area contributed by atoms with Crippen molar-refractivity contribution in [2.75, 3.05) is 46.0 Å². The van der Waals surface area contributed by atoms with Crippen LogP contribution in [0.5, 0.6) is 5.75 Å². The summed E-state index contributed by atoms with van der Waals surface area (Å²) in [5.41, 5.74) is 2.55.